The van der Waals surface area contributed by atoms with Crippen LogP contribution in [0.4, 0.5) is 25.2 Å². The zero-order valence-electron chi connectivity index (χ0n) is 20.2. The van der Waals surface area contributed by atoms with Crippen molar-refractivity contribution in [2.45, 2.75) is 19.5 Å². The van der Waals surface area contributed by atoms with Crippen molar-refractivity contribution >= 4 is 17.7 Å². The van der Waals surface area contributed by atoms with Crippen molar-refractivity contribution in [3.05, 3.63) is 118 Å². The zero-order chi connectivity index (χ0) is 25.9. The molecular weight excluding hydrogens is 476 g/mol. The fraction of sp³-hybridized carbons (Fsp3) is 0.179. The summed E-state index contributed by atoms with van der Waals surface area (Å²) in [5, 5.41) is 2.58. The van der Waals surface area contributed by atoms with Gasteiger partial charge in [0.25, 0.3) is 5.56 Å². The van der Waals surface area contributed by atoms with E-state index in [1.165, 1.54) is 11.0 Å². The third kappa shape index (κ3) is 5.06. The molecule has 0 unspecified atom stereocenters. The number of hydrogen-bond donors (Lipinski definition) is 1. The zero-order valence-corrected chi connectivity index (χ0v) is 20.2. The number of amides is 2. The van der Waals surface area contributed by atoms with Crippen LogP contribution in [-0.2, 0) is 19.5 Å². The van der Waals surface area contributed by atoms with Gasteiger partial charge < -0.3 is 15.1 Å². The van der Waals surface area contributed by atoms with Crippen LogP contribution in [0, 0.1) is 11.6 Å². The van der Waals surface area contributed by atoms with E-state index < -0.39 is 17.7 Å². The van der Waals surface area contributed by atoms with Crippen molar-refractivity contribution < 1.29 is 13.6 Å². The van der Waals surface area contributed by atoms with Crippen LogP contribution < -0.4 is 15.8 Å². The summed E-state index contributed by atoms with van der Waals surface area (Å²) in [6.07, 6.45) is 0.386. The van der Waals surface area contributed by atoms with Gasteiger partial charge in [-0.2, -0.15) is 0 Å². The van der Waals surface area contributed by atoms with E-state index in [1.807, 2.05) is 72.6 Å². The average molecular weight is 502 g/mol. The quantitative estimate of drug-likeness (QED) is 0.429. The number of carbonyl (C=O) groups excluding carboxylic acids is 1. The van der Waals surface area contributed by atoms with Crippen molar-refractivity contribution in [2.24, 2.45) is 0 Å². The molecule has 1 N–H and O–H groups in total. The lowest BCUT2D eigenvalue weighted by Crippen LogP contribution is -2.43. The van der Waals surface area contributed by atoms with Crippen molar-refractivity contribution in [3.63, 3.8) is 0 Å². The fourth-order valence-electron chi connectivity index (χ4n) is 4.41. The van der Waals surface area contributed by atoms with Gasteiger partial charge in [-0.05, 0) is 29.8 Å². The van der Waals surface area contributed by atoms with Crippen molar-refractivity contribution in [1.29, 1.82) is 0 Å². The van der Waals surface area contributed by atoms with E-state index in [4.69, 9.17) is 4.98 Å². The molecule has 1 aromatic heterocycles. The number of nitrogens with zero attached hydrogens (tertiary/aromatic N) is 4. The second-order valence-electron chi connectivity index (χ2n) is 8.89. The van der Waals surface area contributed by atoms with Crippen LogP contribution >= 0.6 is 0 Å². The Bertz CT molecular complexity index is 1490. The fourth-order valence-corrected chi connectivity index (χ4v) is 4.41. The summed E-state index contributed by atoms with van der Waals surface area (Å²) in [5.74, 6) is -1.53. The third-order valence-electron chi connectivity index (χ3n) is 6.29. The lowest BCUT2D eigenvalue weighted by Gasteiger charge is -2.30. The first-order valence-corrected chi connectivity index (χ1v) is 11.9. The van der Waals surface area contributed by atoms with Crippen molar-refractivity contribution in [3.8, 4) is 5.69 Å². The van der Waals surface area contributed by atoms with Crippen molar-refractivity contribution in [1.82, 2.24) is 14.5 Å². The van der Waals surface area contributed by atoms with Crippen LogP contribution in [0.3, 0.4) is 0 Å². The molecule has 1 aliphatic rings. The van der Waals surface area contributed by atoms with Gasteiger partial charge in [0.1, 0.15) is 0 Å². The number of hydrogen-bond acceptors (Lipinski definition) is 4. The Hall–Kier alpha value is -4.53. The predicted molar refractivity (Wildman–Crippen MR) is 138 cm³/mol. The molecule has 5 rings (SSSR count). The number of fused-ring (bicyclic) bond motifs is 1. The first kappa shape index (κ1) is 24.2. The van der Waals surface area contributed by atoms with E-state index in [2.05, 4.69) is 5.32 Å². The highest BCUT2D eigenvalue weighted by atomic mass is 19.2. The molecule has 9 heteroatoms. The van der Waals surface area contributed by atoms with Crippen LogP contribution in [0.25, 0.3) is 5.69 Å². The van der Waals surface area contributed by atoms with E-state index in [0.29, 0.717) is 42.4 Å². The third-order valence-corrected chi connectivity index (χ3v) is 6.29. The topological polar surface area (TPSA) is 70.5 Å². The van der Waals surface area contributed by atoms with Gasteiger partial charge in [0, 0.05) is 38.3 Å². The molecule has 188 valence electrons. The Balaban J connectivity index is 1.48. The molecule has 0 aliphatic carbocycles. The molecule has 7 nitrogen and oxygen atoms in total. The molecule has 0 bridgehead atoms. The minimum atomic E-state index is -1.05. The van der Waals surface area contributed by atoms with E-state index in [-0.39, 0.29) is 17.8 Å². The maximum absolute atomic E-state index is 13.8. The Kier molecular flexibility index (Phi) is 6.68. The molecular formula is C28H25F2N5O2. The molecule has 3 aromatic carbocycles. The number of halogens is 2. The Morgan fingerprint density at radius 3 is 2.41 bits per heavy atom. The number of carbonyl (C=O) groups is 1. The van der Waals surface area contributed by atoms with Gasteiger partial charge in [-0.3, -0.25) is 4.79 Å². The summed E-state index contributed by atoms with van der Waals surface area (Å²) < 4.78 is 28.4. The normalized spacial score (nSPS) is 12.7. The van der Waals surface area contributed by atoms with Crippen LogP contribution in [0.2, 0.25) is 0 Å². The van der Waals surface area contributed by atoms with Gasteiger partial charge in [-0.25, -0.2) is 23.1 Å². The number of anilines is 2. The van der Waals surface area contributed by atoms with Gasteiger partial charge in [0.15, 0.2) is 11.6 Å². The first-order chi connectivity index (χ1) is 17.9. The largest absolute Gasteiger partial charge is 0.341 e. The Morgan fingerprint density at radius 2 is 1.70 bits per heavy atom. The maximum Gasteiger partial charge on any atom is 0.322 e. The molecule has 4 aromatic rings. The summed E-state index contributed by atoms with van der Waals surface area (Å²) in [6, 6.07) is 21.8. The molecule has 0 atom stereocenters. The molecule has 0 spiro atoms. The van der Waals surface area contributed by atoms with Crippen LogP contribution in [0.15, 0.2) is 83.7 Å². The number of nitrogens with one attached hydrogen (secondary N) is 1. The minimum Gasteiger partial charge on any atom is -0.341 e. The van der Waals surface area contributed by atoms with E-state index in [1.54, 1.807) is 4.57 Å². The summed E-state index contributed by atoms with van der Waals surface area (Å²) in [7, 11) is 1.89. The van der Waals surface area contributed by atoms with E-state index in [0.717, 1.165) is 17.7 Å². The highest BCUT2D eigenvalue weighted by Crippen LogP contribution is 2.23. The van der Waals surface area contributed by atoms with Crippen molar-refractivity contribution in [2.75, 3.05) is 23.8 Å². The van der Waals surface area contributed by atoms with Crippen LogP contribution in [-0.4, -0.2) is 34.1 Å². The highest BCUT2D eigenvalue weighted by Gasteiger charge is 2.28. The van der Waals surface area contributed by atoms with Crippen LogP contribution in [0.1, 0.15) is 16.8 Å². The molecule has 37 heavy (non-hydrogen) atoms. The SMILES string of the molecule is CN(Cc1ccccc1)c1nc2c(c(=O)n1-c1ccccc1)CN(C(=O)Nc1ccc(F)c(F)c1)CC2. The number of para-hydroxylation sites is 1. The molecule has 0 radical (unpaired) electrons. The Labute approximate surface area is 212 Å². The lowest BCUT2D eigenvalue weighted by molar-refractivity contribution is 0.205. The number of rotatable bonds is 5. The second-order valence-corrected chi connectivity index (χ2v) is 8.89. The van der Waals surface area contributed by atoms with E-state index >= 15 is 0 Å². The molecule has 2 amide bonds. The number of aromatic nitrogens is 2. The standard InChI is InChI=1S/C28H25F2N5O2/c1-33(17-19-8-4-2-5-9-19)27-32-25-14-15-34(28(37)31-20-12-13-23(29)24(30)16-20)18-22(25)26(36)35(27)21-10-6-3-7-11-21/h2-13,16H,14-15,17-18H2,1H3,(H,31,37). The lowest BCUT2D eigenvalue weighted by atomic mass is 10.1. The molecule has 2 heterocycles. The molecule has 0 saturated heterocycles. The highest BCUT2D eigenvalue weighted by molar-refractivity contribution is 5.89. The molecule has 0 fully saturated rings. The summed E-state index contributed by atoms with van der Waals surface area (Å²) in [6.45, 7) is 0.931. The first-order valence-electron chi connectivity index (χ1n) is 11.9. The van der Waals surface area contributed by atoms with Crippen LogP contribution in [0.5, 0.6) is 0 Å². The Morgan fingerprint density at radius 1 is 1.00 bits per heavy atom. The van der Waals surface area contributed by atoms with Gasteiger partial charge in [0.05, 0.1) is 23.5 Å². The number of urea groups is 1. The average Bonchev–Trinajstić information content (AvgIpc) is 2.91. The minimum absolute atomic E-state index is 0.0478. The summed E-state index contributed by atoms with van der Waals surface area (Å²) in [5.41, 5.74) is 2.69. The molecule has 0 saturated carbocycles. The summed E-state index contributed by atoms with van der Waals surface area (Å²) in [4.78, 5) is 35.0. The van der Waals surface area contributed by atoms with E-state index in [9.17, 15) is 18.4 Å². The predicted octanol–water partition coefficient (Wildman–Crippen LogP) is 4.74. The van der Waals surface area contributed by atoms with Gasteiger partial charge in [-0.1, -0.05) is 48.5 Å². The smallest absolute Gasteiger partial charge is 0.322 e. The maximum atomic E-state index is 13.8. The summed E-state index contributed by atoms with van der Waals surface area (Å²) >= 11 is 0. The van der Waals surface area contributed by atoms with Gasteiger partial charge in [-0.15, -0.1) is 0 Å². The van der Waals surface area contributed by atoms with Gasteiger partial charge in [0.2, 0.25) is 5.95 Å². The molecule has 1 aliphatic heterocycles. The second kappa shape index (κ2) is 10.2. The number of benzene rings is 3. The monoisotopic (exact) mass is 501 g/mol. The van der Waals surface area contributed by atoms with Gasteiger partial charge >= 0.3 is 6.03 Å².